The average molecular weight is 225 g/mol. The first-order valence-electron chi connectivity index (χ1n) is 5.41. The van der Waals surface area contributed by atoms with Crippen LogP contribution in [0.5, 0.6) is 0 Å². The van der Waals surface area contributed by atoms with Crippen LogP contribution in [0.15, 0.2) is 11.1 Å². The third-order valence-corrected chi connectivity index (χ3v) is 2.43. The van der Waals surface area contributed by atoms with Crippen molar-refractivity contribution in [2.45, 2.75) is 19.3 Å². The van der Waals surface area contributed by atoms with Crippen LogP contribution in [0.3, 0.4) is 0 Å². The van der Waals surface area contributed by atoms with Crippen LogP contribution in [0.4, 0.5) is 11.5 Å². The van der Waals surface area contributed by atoms with Crippen molar-refractivity contribution >= 4 is 11.5 Å². The second kappa shape index (κ2) is 6.12. The molecule has 1 aromatic heterocycles. The number of rotatable bonds is 6. The summed E-state index contributed by atoms with van der Waals surface area (Å²) in [6.45, 7) is 1.54. The van der Waals surface area contributed by atoms with Crippen molar-refractivity contribution < 1.29 is 0 Å². The van der Waals surface area contributed by atoms with Gasteiger partial charge in [-0.1, -0.05) is 6.42 Å². The molecule has 0 atom stereocenters. The molecule has 5 N–H and O–H groups in total. The summed E-state index contributed by atoms with van der Waals surface area (Å²) in [5.74, 6) is 0.538. The third kappa shape index (κ3) is 3.23. The fraction of sp³-hybridized carbons (Fsp3) is 0.600. The van der Waals surface area contributed by atoms with Gasteiger partial charge in [-0.3, -0.25) is 4.79 Å². The number of unbranched alkanes of at least 4 members (excludes halogenated alkanes) is 2. The van der Waals surface area contributed by atoms with Gasteiger partial charge in [0.2, 0.25) is 0 Å². The minimum absolute atomic E-state index is 0.170. The maximum Gasteiger partial charge on any atom is 0.276 e. The Labute approximate surface area is 94.7 Å². The highest BCUT2D eigenvalue weighted by Gasteiger charge is 2.08. The highest BCUT2D eigenvalue weighted by Crippen LogP contribution is 2.13. The number of nitrogens with one attached hydrogen (secondary N) is 1. The van der Waals surface area contributed by atoms with E-state index in [9.17, 15) is 4.79 Å². The first-order chi connectivity index (χ1) is 7.66. The molecular formula is C10H19N5O. The molecule has 1 aromatic rings. The molecule has 6 nitrogen and oxygen atoms in total. The molecule has 0 saturated carbocycles. The van der Waals surface area contributed by atoms with Crippen LogP contribution in [0, 0.1) is 0 Å². The normalized spacial score (nSPS) is 10.4. The summed E-state index contributed by atoms with van der Waals surface area (Å²) in [5, 5.41) is 0. The molecule has 0 aliphatic heterocycles. The van der Waals surface area contributed by atoms with Gasteiger partial charge in [-0.05, 0) is 19.4 Å². The number of anilines is 2. The number of aromatic nitrogens is 2. The maximum absolute atomic E-state index is 11.3. The SMILES string of the molecule is CN(CCCCCN)c1nc[nH]c(=O)c1N. The van der Waals surface area contributed by atoms with Gasteiger partial charge < -0.3 is 21.4 Å². The maximum atomic E-state index is 11.3. The quantitative estimate of drug-likeness (QED) is 0.588. The molecule has 0 aliphatic carbocycles. The van der Waals surface area contributed by atoms with Crippen molar-refractivity contribution in [3.8, 4) is 0 Å². The minimum atomic E-state index is -0.293. The van der Waals surface area contributed by atoms with E-state index in [0.29, 0.717) is 5.82 Å². The number of nitrogens with two attached hydrogens (primary N) is 2. The van der Waals surface area contributed by atoms with Crippen LogP contribution in [0.2, 0.25) is 0 Å². The van der Waals surface area contributed by atoms with Crippen LogP contribution >= 0.6 is 0 Å². The van der Waals surface area contributed by atoms with Gasteiger partial charge in [0, 0.05) is 13.6 Å². The zero-order valence-corrected chi connectivity index (χ0v) is 9.57. The van der Waals surface area contributed by atoms with Crippen molar-refractivity contribution in [2.75, 3.05) is 30.8 Å². The molecule has 0 aromatic carbocycles. The van der Waals surface area contributed by atoms with Crippen LogP contribution in [0.1, 0.15) is 19.3 Å². The van der Waals surface area contributed by atoms with Crippen molar-refractivity contribution in [2.24, 2.45) is 5.73 Å². The van der Waals surface area contributed by atoms with Gasteiger partial charge in [0.05, 0.1) is 6.33 Å². The number of hydrogen-bond acceptors (Lipinski definition) is 5. The van der Waals surface area contributed by atoms with Gasteiger partial charge in [0.15, 0.2) is 5.82 Å². The van der Waals surface area contributed by atoms with Crippen molar-refractivity contribution in [1.29, 1.82) is 0 Å². The largest absolute Gasteiger partial charge is 0.391 e. The zero-order valence-electron chi connectivity index (χ0n) is 9.57. The topological polar surface area (TPSA) is 101 Å². The number of H-pyrrole nitrogens is 1. The van der Waals surface area contributed by atoms with E-state index < -0.39 is 0 Å². The summed E-state index contributed by atoms with van der Waals surface area (Å²) < 4.78 is 0. The second-order valence-electron chi connectivity index (χ2n) is 3.74. The van der Waals surface area contributed by atoms with Crippen LogP contribution in [-0.2, 0) is 0 Å². The first kappa shape index (κ1) is 12.5. The fourth-order valence-corrected chi connectivity index (χ4v) is 1.48. The minimum Gasteiger partial charge on any atom is -0.391 e. The van der Waals surface area contributed by atoms with Crippen molar-refractivity contribution in [3.63, 3.8) is 0 Å². The number of nitrogen functional groups attached to an aromatic ring is 1. The lowest BCUT2D eigenvalue weighted by Crippen LogP contribution is -2.25. The van der Waals surface area contributed by atoms with Gasteiger partial charge in [0.1, 0.15) is 5.69 Å². The van der Waals surface area contributed by atoms with Gasteiger partial charge in [-0.25, -0.2) is 4.98 Å². The molecule has 0 amide bonds. The predicted octanol–water partition coefficient (Wildman–Crippen LogP) is -0.0827. The standard InChI is InChI=1S/C10H19N5O/c1-15(6-4-2-3-5-11)9-8(12)10(16)14-7-13-9/h7H,2-6,11-12H2,1H3,(H,13,14,16). The molecule has 1 rings (SSSR count). The van der Waals surface area contributed by atoms with E-state index in [0.717, 1.165) is 32.4 Å². The molecule has 90 valence electrons. The summed E-state index contributed by atoms with van der Waals surface area (Å²) in [6, 6.07) is 0. The molecule has 0 bridgehead atoms. The summed E-state index contributed by atoms with van der Waals surface area (Å²) in [5.41, 5.74) is 10.9. The highest BCUT2D eigenvalue weighted by molar-refractivity contribution is 5.60. The molecule has 1 heterocycles. The van der Waals surface area contributed by atoms with E-state index in [-0.39, 0.29) is 11.2 Å². The number of hydrogen-bond donors (Lipinski definition) is 3. The second-order valence-corrected chi connectivity index (χ2v) is 3.74. The molecule has 0 spiro atoms. The van der Waals surface area contributed by atoms with E-state index >= 15 is 0 Å². The van der Waals surface area contributed by atoms with E-state index in [1.165, 1.54) is 6.33 Å². The summed E-state index contributed by atoms with van der Waals surface area (Å²) in [6.07, 6.45) is 4.47. The van der Waals surface area contributed by atoms with Crippen LogP contribution in [0.25, 0.3) is 0 Å². The first-order valence-corrected chi connectivity index (χ1v) is 5.41. The van der Waals surface area contributed by atoms with Crippen LogP contribution in [-0.4, -0.2) is 30.1 Å². The Morgan fingerprint density at radius 3 is 2.88 bits per heavy atom. The Balaban J connectivity index is 2.56. The van der Waals surface area contributed by atoms with Crippen LogP contribution < -0.4 is 21.9 Å². The zero-order chi connectivity index (χ0) is 12.0. The van der Waals surface area contributed by atoms with Gasteiger partial charge in [-0.2, -0.15) is 0 Å². The Hall–Kier alpha value is -1.56. The lowest BCUT2D eigenvalue weighted by Gasteiger charge is -2.18. The molecular weight excluding hydrogens is 206 g/mol. The molecule has 6 heteroatoms. The van der Waals surface area contributed by atoms with Gasteiger partial charge in [0.25, 0.3) is 5.56 Å². The Morgan fingerprint density at radius 1 is 1.44 bits per heavy atom. The summed E-state index contributed by atoms with van der Waals surface area (Å²) in [4.78, 5) is 19.6. The summed E-state index contributed by atoms with van der Waals surface area (Å²) in [7, 11) is 1.88. The van der Waals surface area contributed by atoms with E-state index in [1.54, 1.807) is 0 Å². The molecule has 0 radical (unpaired) electrons. The van der Waals surface area contributed by atoms with E-state index in [1.807, 2.05) is 11.9 Å². The Bertz CT molecular complexity index is 376. The molecule has 0 aliphatic rings. The Morgan fingerprint density at radius 2 is 2.19 bits per heavy atom. The lowest BCUT2D eigenvalue weighted by atomic mass is 10.2. The Kier molecular flexibility index (Phi) is 4.78. The molecule has 16 heavy (non-hydrogen) atoms. The van der Waals surface area contributed by atoms with Crippen molar-refractivity contribution in [3.05, 3.63) is 16.7 Å². The highest BCUT2D eigenvalue weighted by atomic mass is 16.1. The molecule has 0 unspecified atom stereocenters. The lowest BCUT2D eigenvalue weighted by molar-refractivity contribution is 0.676. The average Bonchev–Trinajstić information content (AvgIpc) is 2.28. The fourth-order valence-electron chi connectivity index (χ4n) is 1.48. The van der Waals surface area contributed by atoms with E-state index in [2.05, 4.69) is 9.97 Å². The third-order valence-electron chi connectivity index (χ3n) is 2.43. The number of nitrogens with zero attached hydrogens (tertiary/aromatic N) is 2. The smallest absolute Gasteiger partial charge is 0.276 e. The molecule has 0 saturated heterocycles. The van der Waals surface area contributed by atoms with Gasteiger partial charge >= 0.3 is 0 Å². The number of aromatic amines is 1. The monoisotopic (exact) mass is 225 g/mol. The van der Waals surface area contributed by atoms with Crippen molar-refractivity contribution in [1.82, 2.24) is 9.97 Å². The van der Waals surface area contributed by atoms with E-state index in [4.69, 9.17) is 11.5 Å². The summed E-state index contributed by atoms with van der Waals surface area (Å²) >= 11 is 0. The molecule has 0 fully saturated rings. The van der Waals surface area contributed by atoms with Gasteiger partial charge in [-0.15, -0.1) is 0 Å². The predicted molar refractivity (Wildman–Crippen MR) is 65.4 cm³/mol.